The molecule has 1 aromatic rings. The number of carbonyl (C=O) groups excluding carboxylic acids is 2. The van der Waals surface area contributed by atoms with Crippen LogP contribution in [0.3, 0.4) is 0 Å². The molecular weight excluding hydrogens is 358 g/mol. The van der Waals surface area contributed by atoms with Crippen LogP contribution in [0, 0.1) is 5.41 Å². The van der Waals surface area contributed by atoms with Gasteiger partial charge in [-0.1, -0.05) is 12.8 Å². The maximum atomic E-state index is 12.4. The van der Waals surface area contributed by atoms with Gasteiger partial charge in [-0.15, -0.1) is 0 Å². The number of rotatable bonds is 7. The number of aromatic nitrogens is 1. The molecular formula is C21H29N3O4. The summed E-state index contributed by atoms with van der Waals surface area (Å²) in [6.07, 6.45) is 8.87. The molecule has 7 nitrogen and oxygen atoms in total. The van der Waals surface area contributed by atoms with E-state index in [1.54, 1.807) is 6.20 Å². The maximum Gasteiger partial charge on any atom is 0.257 e. The van der Waals surface area contributed by atoms with E-state index in [2.05, 4.69) is 10.3 Å². The molecule has 1 atom stereocenters. The van der Waals surface area contributed by atoms with Gasteiger partial charge >= 0.3 is 0 Å². The average Bonchev–Trinajstić information content (AvgIpc) is 3.13. The Hall–Kier alpha value is -2.15. The fourth-order valence-electron chi connectivity index (χ4n) is 4.59. The maximum absolute atomic E-state index is 12.4. The number of hydrogen-bond donors (Lipinski definition) is 1. The second-order valence-electron chi connectivity index (χ2n) is 8.27. The molecule has 0 bridgehead atoms. The molecule has 1 aliphatic carbocycles. The Balaban J connectivity index is 1.12. The molecule has 0 radical (unpaired) electrons. The lowest BCUT2D eigenvalue weighted by Crippen LogP contribution is -2.47. The van der Waals surface area contributed by atoms with Crippen molar-refractivity contribution < 1.29 is 19.1 Å². The van der Waals surface area contributed by atoms with Gasteiger partial charge < -0.3 is 14.8 Å². The van der Waals surface area contributed by atoms with E-state index >= 15 is 0 Å². The number of imide groups is 1. The fourth-order valence-corrected chi connectivity index (χ4v) is 4.59. The van der Waals surface area contributed by atoms with Crippen molar-refractivity contribution in [3.8, 4) is 11.6 Å². The highest BCUT2D eigenvalue weighted by molar-refractivity contribution is 5.98. The number of ether oxygens (including phenoxy) is 2. The van der Waals surface area contributed by atoms with Crippen molar-refractivity contribution in [3.63, 3.8) is 0 Å². The van der Waals surface area contributed by atoms with Gasteiger partial charge in [-0.05, 0) is 49.8 Å². The minimum Gasteiger partial charge on any atom is -0.484 e. The molecule has 3 heterocycles. The van der Waals surface area contributed by atoms with Crippen LogP contribution in [0.5, 0.6) is 11.6 Å². The summed E-state index contributed by atoms with van der Waals surface area (Å²) in [7, 11) is 0. The molecule has 7 heteroatoms. The van der Waals surface area contributed by atoms with Crippen LogP contribution in [-0.4, -0.2) is 54.0 Å². The second-order valence-corrected chi connectivity index (χ2v) is 8.27. The molecule has 2 fully saturated rings. The number of pyridine rings is 1. The molecule has 152 valence electrons. The molecule has 3 aliphatic rings. The van der Waals surface area contributed by atoms with E-state index in [0.29, 0.717) is 44.2 Å². The van der Waals surface area contributed by atoms with Crippen LogP contribution in [0.1, 0.15) is 51.4 Å². The third-order valence-electron chi connectivity index (χ3n) is 6.12. The molecule has 2 aliphatic heterocycles. The summed E-state index contributed by atoms with van der Waals surface area (Å²) in [4.78, 5) is 30.6. The normalized spacial score (nSPS) is 23.4. The predicted octanol–water partition coefficient (Wildman–Crippen LogP) is 2.30. The topological polar surface area (TPSA) is 80.8 Å². The molecule has 0 unspecified atom stereocenters. The Morgan fingerprint density at radius 2 is 1.96 bits per heavy atom. The number of hydrogen-bond acceptors (Lipinski definition) is 6. The quantitative estimate of drug-likeness (QED) is 0.571. The SMILES string of the molecule is O=C1CC2(CCCC2)CC(=O)N1CCCCNC[C@H]1COc2cccnc2O1. The van der Waals surface area contributed by atoms with E-state index in [9.17, 15) is 9.59 Å². The Kier molecular flexibility index (Phi) is 5.80. The third kappa shape index (κ3) is 4.29. The number of amides is 2. The number of piperidine rings is 1. The zero-order valence-corrected chi connectivity index (χ0v) is 16.3. The highest BCUT2D eigenvalue weighted by Crippen LogP contribution is 2.46. The van der Waals surface area contributed by atoms with Crippen molar-refractivity contribution in [2.45, 2.75) is 57.5 Å². The van der Waals surface area contributed by atoms with Gasteiger partial charge in [0.2, 0.25) is 11.8 Å². The Morgan fingerprint density at radius 3 is 2.75 bits per heavy atom. The largest absolute Gasteiger partial charge is 0.484 e. The summed E-state index contributed by atoms with van der Waals surface area (Å²) in [5, 5.41) is 3.36. The lowest BCUT2D eigenvalue weighted by molar-refractivity contribution is -0.153. The van der Waals surface area contributed by atoms with Gasteiger partial charge in [0, 0.05) is 32.1 Å². The van der Waals surface area contributed by atoms with Crippen LogP contribution in [0.4, 0.5) is 0 Å². The number of unbranched alkanes of at least 4 members (excludes halogenated alkanes) is 1. The van der Waals surface area contributed by atoms with E-state index in [1.807, 2.05) is 12.1 Å². The summed E-state index contributed by atoms with van der Waals surface area (Å²) >= 11 is 0. The monoisotopic (exact) mass is 387 g/mol. The van der Waals surface area contributed by atoms with Crippen LogP contribution in [0.15, 0.2) is 18.3 Å². The minimum absolute atomic E-state index is 0.0121. The molecule has 1 N–H and O–H groups in total. The zero-order valence-electron chi connectivity index (χ0n) is 16.3. The van der Waals surface area contributed by atoms with Crippen molar-refractivity contribution >= 4 is 11.8 Å². The molecule has 28 heavy (non-hydrogen) atoms. The molecule has 1 saturated carbocycles. The van der Waals surface area contributed by atoms with Gasteiger partial charge in [0.25, 0.3) is 5.88 Å². The van der Waals surface area contributed by atoms with Crippen LogP contribution in [-0.2, 0) is 9.59 Å². The highest BCUT2D eigenvalue weighted by atomic mass is 16.6. The van der Waals surface area contributed by atoms with Crippen molar-refractivity contribution in [1.29, 1.82) is 0 Å². The first-order valence-corrected chi connectivity index (χ1v) is 10.4. The van der Waals surface area contributed by atoms with Crippen molar-refractivity contribution in [2.24, 2.45) is 5.41 Å². The Morgan fingerprint density at radius 1 is 1.18 bits per heavy atom. The summed E-state index contributed by atoms with van der Waals surface area (Å²) in [5.41, 5.74) is -0.0121. The van der Waals surface area contributed by atoms with Crippen LogP contribution < -0.4 is 14.8 Å². The molecule has 1 aromatic heterocycles. The van der Waals surface area contributed by atoms with E-state index in [-0.39, 0.29) is 23.3 Å². The Bertz CT molecular complexity index is 697. The van der Waals surface area contributed by atoms with Crippen molar-refractivity contribution in [2.75, 3.05) is 26.2 Å². The lowest BCUT2D eigenvalue weighted by Gasteiger charge is -2.37. The number of nitrogens with one attached hydrogen (secondary N) is 1. The highest BCUT2D eigenvalue weighted by Gasteiger charge is 2.44. The van der Waals surface area contributed by atoms with Crippen molar-refractivity contribution in [3.05, 3.63) is 18.3 Å². The van der Waals surface area contributed by atoms with E-state index in [4.69, 9.17) is 9.47 Å². The lowest BCUT2D eigenvalue weighted by atomic mass is 9.76. The second kappa shape index (κ2) is 8.47. The summed E-state index contributed by atoms with van der Waals surface area (Å²) in [6.45, 7) is 2.54. The first-order chi connectivity index (χ1) is 13.7. The van der Waals surface area contributed by atoms with Crippen LogP contribution in [0.25, 0.3) is 0 Å². The minimum atomic E-state index is -0.0600. The molecule has 2 amide bonds. The third-order valence-corrected chi connectivity index (χ3v) is 6.12. The van der Waals surface area contributed by atoms with Gasteiger partial charge in [0.1, 0.15) is 12.7 Å². The number of fused-ring (bicyclic) bond motifs is 1. The van der Waals surface area contributed by atoms with Crippen LogP contribution >= 0.6 is 0 Å². The average molecular weight is 387 g/mol. The fraction of sp³-hybridized carbons (Fsp3) is 0.667. The molecule has 1 spiro atoms. The molecule has 0 aromatic carbocycles. The van der Waals surface area contributed by atoms with E-state index in [1.165, 1.54) is 4.90 Å². The summed E-state index contributed by atoms with van der Waals surface area (Å²) in [5.74, 6) is 1.30. The molecule has 1 saturated heterocycles. The zero-order chi connectivity index (χ0) is 19.4. The van der Waals surface area contributed by atoms with Crippen LogP contribution in [0.2, 0.25) is 0 Å². The Labute approximate surface area is 165 Å². The van der Waals surface area contributed by atoms with Gasteiger partial charge in [-0.2, -0.15) is 0 Å². The van der Waals surface area contributed by atoms with Gasteiger partial charge in [-0.3, -0.25) is 14.5 Å². The van der Waals surface area contributed by atoms with E-state index in [0.717, 1.165) is 45.1 Å². The first-order valence-electron chi connectivity index (χ1n) is 10.4. The van der Waals surface area contributed by atoms with Gasteiger partial charge in [0.05, 0.1) is 0 Å². The van der Waals surface area contributed by atoms with E-state index < -0.39 is 0 Å². The standard InChI is InChI=1S/C21H29N3O4/c25-18-12-21(7-1-2-8-21)13-19(26)24(18)11-4-3-9-22-14-16-15-27-17-6-5-10-23-20(17)28-16/h5-6,10,16,22H,1-4,7-9,11-15H2/t16-/m0/s1. The summed E-state index contributed by atoms with van der Waals surface area (Å²) in [6, 6.07) is 3.68. The predicted molar refractivity (Wildman–Crippen MR) is 103 cm³/mol. The van der Waals surface area contributed by atoms with Gasteiger partial charge in [0.15, 0.2) is 5.75 Å². The molecule has 4 rings (SSSR count). The smallest absolute Gasteiger partial charge is 0.257 e. The van der Waals surface area contributed by atoms with Gasteiger partial charge in [-0.25, -0.2) is 4.98 Å². The first kappa shape index (κ1) is 19.2. The number of nitrogens with zero attached hydrogens (tertiary/aromatic N) is 2. The number of carbonyl (C=O) groups is 2. The summed E-state index contributed by atoms with van der Waals surface area (Å²) < 4.78 is 11.5. The number of likely N-dealkylation sites (tertiary alicyclic amines) is 1. The van der Waals surface area contributed by atoms with Crippen molar-refractivity contribution in [1.82, 2.24) is 15.2 Å².